The molecule has 0 atom stereocenters. The minimum absolute atomic E-state index is 0.553. The van der Waals surface area contributed by atoms with Gasteiger partial charge in [0.1, 0.15) is 8.07 Å². The molecule has 2 aromatic carbocycles. The van der Waals surface area contributed by atoms with Crippen molar-refractivity contribution in [3.05, 3.63) is 71.1 Å². The predicted octanol–water partition coefficient (Wildman–Crippen LogP) is 2.73. The Balaban J connectivity index is 2.51. The van der Waals surface area contributed by atoms with E-state index in [9.17, 15) is 0 Å². The Morgan fingerprint density at radius 3 is 1.78 bits per heavy atom. The fraction of sp³-hybridized carbons (Fsp3) is 0.143. The molecule has 0 aromatic heterocycles. The number of hydrogen-bond donors (Lipinski definition) is 0. The zero-order chi connectivity index (χ0) is 12.8. The highest BCUT2D eigenvalue weighted by Gasteiger charge is 2.30. The summed E-state index contributed by atoms with van der Waals surface area (Å²) >= 11 is 0. The van der Waals surface area contributed by atoms with Crippen LogP contribution in [-0.2, 0) is 0 Å². The van der Waals surface area contributed by atoms with Crippen LogP contribution in [0.3, 0.4) is 0 Å². The second kappa shape index (κ2) is 5.54. The van der Waals surface area contributed by atoms with Crippen molar-refractivity contribution in [1.82, 2.24) is 0 Å². The number of rotatable bonds is 4. The van der Waals surface area contributed by atoms with Crippen molar-refractivity contribution >= 4 is 18.4 Å². The van der Waals surface area contributed by atoms with Gasteiger partial charge in [0, 0.05) is 11.1 Å². The average molecular weight is 253 g/mol. The topological polar surface area (TPSA) is 48.8 Å². The molecule has 2 rings (SSSR count). The molecule has 0 aliphatic heterocycles. The van der Waals surface area contributed by atoms with Crippen molar-refractivity contribution in [2.45, 2.75) is 6.55 Å². The molecule has 0 spiro atoms. The summed E-state index contributed by atoms with van der Waals surface area (Å²) in [5, 5.41) is 6.43. The highest BCUT2D eigenvalue weighted by Crippen LogP contribution is 2.06. The molecule has 0 unspecified atom stereocenters. The molecule has 18 heavy (non-hydrogen) atoms. The van der Waals surface area contributed by atoms with E-state index in [0.29, 0.717) is 6.17 Å². The maximum Gasteiger partial charge on any atom is 0.120 e. The Kier molecular flexibility index (Phi) is 3.82. The molecule has 0 aliphatic carbocycles. The van der Waals surface area contributed by atoms with E-state index >= 15 is 0 Å². The van der Waals surface area contributed by atoms with Crippen LogP contribution in [0.1, 0.15) is 0 Å². The molecule has 0 aliphatic rings. The van der Waals surface area contributed by atoms with E-state index in [2.05, 4.69) is 40.8 Å². The van der Waals surface area contributed by atoms with Crippen LogP contribution in [0.2, 0.25) is 6.55 Å². The zero-order valence-electron chi connectivity index (χ0n) is 10.3. The fourth-order valence-electron chi connectivity index (χ4n) is 2.13. The van der Waals surface area contributed by atoms with Gasteiger partial charge in [0.25, 0.3) is 0 Å². The molecule has 0 saturated carbocycles. The SMILES string of the molecule is C[Si](CN=[N+]=[N-])(c1ccccc1)c1ccccc1. The first-order valence-corrected chi connectivity index (χ1v) is 8.60. The van der Waals surface area contributed by atoms with Gasteiger partial charge in [0.05, 0.1) is 0 Å². The van der Waals surface area contributed by atoms with Crippen molar-refractivity contribution in [1.29, 1.82) is 0 Å². The van der Waals surface area contributed by atoms with Crippen molar-refractivity contribution in [2.75, 3.05) is 6.17 Å². The van der Waals surface area contributed by atoms with Gasteiger partial charge in [-0.15, -0.1) is 0 Å². The van der Waals surface area contributed by atoms with Gasteiger partial charge in [0.2, 0.25) is 0 Å². The maximum absolute atomic E-state index is 8.60. The third-order valence-corrected chi connectivity index (χ3v) is 7.26. The second-order valence-corrected chi connectivity index (χ2v) is 8.59. The Labute approximate surface area is 108 Å². The van der Waals surface area contributed by atoms with Gasteiger partial charge < -0.3 is 0 Å². The molecule has 3 nitrogen and oxygen atoms in total. The molecule has 0 bridgehead atoms. The highest BCUT2D eigenvalue weighted by atomic mass is 28.3. The molecule has 0 N–H and O–H groups in total. The molecule has 90 valence electrons. The highest BCUT2D eigenvalue weighted by molar-refractivity contribution is 7.01. The van der Waals surface area contributed by atoms with Gasteiger partial charge >= 0.3 is 0 Å². The van der Waals surface area contributed by atoms with Crippen LogP contribution in [0.4, 0.5) is 0 Å². The lowest BCUT2D eigenvalue weighted by atomic mass is 10.4. The van der Waals surface area contributed by atoms with E-state index in [4.69, 9.17) is 5.53 Å². The summed E-state index contributed by atoms with van der Waals surface area (Å²) in [7, 11) is -1.94. The summed E-state index contributed by atoms with van der Waals surface area (Å²) in [5.74, 6) is 0. The molecule has 0 amide bonds. The van der Waals surface area contributed by atoms with Crippen LogP contribution in [0, 0.1) is 0 Å². The van der Waals surface area contributed by atoms with E-state index in [0.717, 1.165) is 0 Å². The van der Waals surface area contributed by atoms with Crippen LogP contribution in [-0.4, -0.2) is 14.2 Å². The van der Waals surface area contributed by atoms with E-state index in [-0.39, 0.29) is 0 Å². The lowest BCUT2D eigenvalue weighted by Crippen LogP contribution is -2.58. The number of hydrogen-bond acceptors (Lipinski definition) is 1. The van der Waals surface area contributed by atoms with Gasteiger partial charge in [0.15, 0.2) is 0 Å². The van der Waals surface area contributed by atoms with Crippen LogP contribution in [0.25, 0.3) is 10.4 Å². The first-order valence-electron chi connectivity index (χ1n) is 5.89. The average Bonchev–Trinajstić information content (AvgIpc) is 2.46. The maximum atomic E-state index is 8.60. The summed E-state index contributed by atoms with van der Waals surface area (Å²) in [6.45, 7) is 2.24. The van der Waals surface area contributed by atoms with Gasteiger partial charge in [-0.3, -0.25) is 0 Å². The van der Waals surface area contributed by atoms with E-state index in [1.54, 1.807) is 0 Å². The van der Waals surface area contributed by atoms with Crippen molar-refractivity contribution in [3.63, 3.8) is 0 Å². The van der Waals surface area contributed by atoms with Crippen LogP contribution < -0.4 is 10.4 Å². The lowest BCUT2D eigenvalue weighted by Gasteiger charge is -2.26. The number of nitrogens with zero attached hydrogens (tertiary/aromatic N) is 3. The van der Waals surface area contributed by atoms with E-state index < -0.39 is 8.07 Å². The molecule has 0 saturated heterocycles. The lowest BCUT2D eigenvalue weighted by molar-refractivity contribution is 1.27. The molecular formula is C14H15N3Si. The molecular weight excluding hydrogens is 238 g/mol. The third-order valence-electron chi connectivity index (χ3n) is 3.27. The first kappa shape index (κ1) is 12.4. The summed E-state index contributed by atoms with van der Waals surface area (Å²) in [4.78, 5) is 2.93. The van der Waals surface area contributed by atoms with Gasteiger partial charge in [-0.25, -0.2) is 0 Å². The van der Waals surface area contributed by atoms with Gasteiger partial charge in [-0.05, 0) is 5.53 Å². The van der Waals surface area contributed by atoms with Gasteiger partial charge in [-0.2, -0.15) is 0 Å². The van der Waals surface area contributed by atoms with Crippen LogP contribution >= 0.6 is 0 Å². The standard InChI is InChI=1S/C14H15N3Si/c1-18(12-16-17-15,13-8-4-2-5-9-13)14-10-6-3-7-11-14/h2-11H,12H2,1H3. The summed E-state index contributed by atoms with van der Waals surface area (Å²) in [6.07, 6.45) is 0.553. The quantitative estimate of drug-likeness (QED) is 0.348. The Morgan fingerprint density at radius 2 is 1.39 bits per heavy atom. The number of benzene rings is 2. The molecule has 0 heterocycles. The Bertz CT molecular complexity index is 508. The van der Waals surface area contributed by atoms with Crippen LogP contribution in [0.15, 0.2) is 65.8 Å². The summed E-state index contributed by atoms with van der Waals surface area (Å²) in [6, 6.07) is 20.7. The monoisotopic (exact) mass is 253 g/mol. The molecule has 4 heteroatoms. The minimum atomic E-state index is -1.94. The second-order valence-electron chi connectivity index (χ2n) is 4.45. The van der Waals surface area contributed by atoms with Crippen molar-refractivity contribution in [2.24, 2.45) is 5.11 Å². The van der Waals surface area contributed by atoms with Gasteiger partial charge in [-0.1, -0.05) is 82.7 Å². The first-order chi connectivity index (χ1) is 8.77. The molecule has 2 aromatic rings. The summed E-state index contributed by atoms with van der Waals surface area (Å²) < 4.78 is 0. The zero-order valence-corrected chi connectivity index (χ0v) is 11.3. The summed E-state index contributed by atoms with van der Waals surface area (Å²) in [5.41, 5.74) is 8.60. The van der Waals surface area contributed by atoms with Crippen LogP contribution in [0.5, 0.6) is 0 Å². The Morgan fingerprint density at radius 1 is 0.944 bits per heavy atom. The fourth-order valence-corrected chi connectivity index (χ4v) is 5.04. The predicted molar refractivity (Wildman–Crippen MR) is 77.8 cm³/mol. The third kappa shape index (κ3) is 2.45. The molecule has 0 radical (unpaired) electrons. The molecule has 0 fully saturated rings. The van der Waals surface area contributed by atoms with Crippen molar-refractivity contribution in [3.8, 4) is 0 Å². The Hall–Kier alpha value is -2.03. The minimum Gasteiger partial charge on any atom is -0.0962 e. The van der Waals surface area contributed by atoms with Crippen molar-refractivity contribution < 1.29 is 0 Å². The van der Waals surface area contributed by atoms with E-state index in [1.165, 1.54) is 10.4 Å². The smallest absolute Gasteiger partial charge is 0.0962 e. The number of azide groups is 1. The normalized spacial score (nSPS) is 10.7. The van der Waals surface area contributed by atoms with E-state index in [1.807, 2.05) is 36.4 Å². The largest absolute Gasteiger partial charge is 0.120 e.